The third-order valence-corrected chi connectivity index (χ3v) is 5.35. The molecule has 1 atom stereocenters. The standard InChI is InChI=1S/C23H22N6O5/c30-22(28-20-12-24-3-4-25-20)15-8-17(33-16-2-7-32-14-16)10-18(9-15)34-21-13-26-19(11-27-21)23(31)29-5-1-6-29/h3-4,8-13,16H,1-2,5-7,14H2,(H,25,28,30)/t16-/m0/s1. The van der Waals surface area contributed by atoms with Gasteiger partial charge in [-0.15, -0.1) is 0 Å². The number of rotatable bonds is 7. The Morgan fingerprint density at radius 3 is 2.59 bits per heavy atom. The Morgan fingerprint density at radius 1 is 1.03 bits per heavy atom. The van der Waals surface area contributed by atoms with Crippen LogP contribution in [-0.4, -0.2) is 69.1 Å². The van der Waals surface area contributed by atoms with Gasteiger partial charge in [0.1, 0.15) is 23.3 Å². The average Bonchev–Trinajstić information content (AvgIpc) is 3.32. The lowest BCUT2D eigenvalue weighted by atomic mass is 10.2. The van der Waals surface area contributed by atoms with Crippen molar-refractivity contribution in [1.29, 1.82) is 0 Å². The van der Waals surface area contributed by atoms with Gasteiger partial charge in [0.25, 0.3) is 11.8 Å². The zero-order chi connectivity index (χ0) is 23.3. The number of carbonyl (C=O) groups excluding carboxylic acids is 2. The number of hydrogen-bond donors (Lipinski definition) is 1. The number of carbonyl (C=O) groups is 2. The zero-order valence-corrected chi connectivity index (χ0v) is 18.2. The molecule has 2 aromatic heterocycles. The van der Waals surface area contributed by atoms with Crippen LogP contribution in [-0.2, 0) is 4.74 Å². The quantitative estimate of drug-likeness (QED) is 0.562. The van der Waals surface area contributed by atoms with Gasteiger partial charge in [-0.1, -0.05) is 0 Å². The van der Waals surface area contributed by atoms with Gasteiger partial charge in [0.15, 0.2) is 5.82 Å². The fourth-order valence-electron chi connectivity index (χ4n) is 3.46. The van der Waals surface area contributed by atoms with Crippen molar-refractivity contribution >= 4 is 17.6 Å². The molecule has 4 heterocycles. The van der Waals surface area contributed by atoms with E-state index >= 15 is 0 Å². The molecule has 2 aliphatic rings. The third-order valence-electron chi connectivity index (χ3n) is 5.35. The first-order valence-corrected chi connectivity index (χ1v) is 10.9. The average molecular weight is 462 g/mol. The monoisotopic (exact) mass is 462 g/mol. The first-order valence-electron chi connectivity index (χ1n) is 10.9. The Balaban J connectivity index is 1.35. The van der Waals surface area contributed by atoms with E-state index in [9.17, 15) is 9.59 Å². The van der Waals surface area contributed by atoms with E-state index in [1.54, 1.807) is 23.1 Å². The van der Waals surface area contributed by atoms with Gasteiger partial charge >= 0.3 is 0 Å². The van der Waals surface area contributed by atoms with E-state index in [1.807, 2.05) is 0 Å². The van der Waals surface area contributed by atoms with Gasteiger partial charge in [0.2, 0.25) is 5.88 Å². The first kappa shape index (κ1) is 21.7. The van der Waals surface area contributed by atoms with Crippen LogP contribution in [0.4, 0.5) is 5.82 Å². The summed E-state index contributed by atoms with van der Waals surface area (Å²) in [5.41, 5.74) is 0.559. The highest BCUT2D eigenvalue weighted by Crippen LogP contribution is 2.28. The number of anilines is 1. The number of likely N-dealkylation sites (tertiary alicyclic amines) is 1. The van der Waals surface area contributed by atoms with Crippen molar-refractivity contribution in [1.82, 2.24) is 24.8 Å². The fraction of sp³-hybridized carbons (Fsp3) is 0.304. The summed E-state index contributed by atoms with van der Waals surface area (Å²) in [7, 11) is 0. The molecule has 2 saturated heterocycles. The number of ether oxygens (including phenoxy) is 3. The topological polar surface area (TPSA) is 129 Å². The summed E-state index contributed by atoms with van der Waals surface area (Å²) in [6.07, 6.45) is 8.85. The molecule has 2 aliphatic heterocycles. The third kappa shape index (κ3) is 5.09. The first-order chi connectivity index (χ1) is 16.6. The van der Waals surface area contributed by atoms with Crippen LogP contribution in [0.25, 0.3) is 0 Å². The van der Waals surface area contributed by atoms with Crippen LogP contribution >= 0.6 is 0 Å². The maximum atomic E-state index is 12.8. The van der Waals surface area contributed by atoms with Crippen molar-refractivity contribution in [2.75, 3.05) is 31.6 Å². The van der Waals surface area contributed by atoms with Gasteiger partial charge in [0, 0.05) is 43.5 Å². The molecule has 5 rings (SSSR count). The highest BCUT2D eigenvalue weighted by atomic mass is 16.5. The normalized spacial score (nSPS) is 17.1. The lowest BCUT2D eigenvalue weighted by molar-refractivity contribution is 0.0645. The van der Waals surface area contributed by atoms with Crippen molar-refractivity contribution in [3.05, 3.63) is 60.4 Å². The highest BCUT2D eigenvalue weighted by molar-refractivity contribution is 6.04. The molecule has 2 amide bonds. The van der Waals surface area contributed by atoms with Crippen molar-refractivity contribution in [2.45, 2.75) is 18.9 Å². The maximum absolute atomic E-state index is 12.8. The van der Waals surface area contributed by atoms with Crippen LogP contribution in [0.2, 0.25) is 0 Å². The van der Waals surface area contributed by atoms with Gasteiger partial charge in [-0.2, -0.15) is 0 Å². The molecule has 2 fully saturated rings. The molecule has 34 heavy (non-hydrogen) atoms. The highest BCUT2D eigenvalue weighted by Gasteiger charge is 2.23. The van der Waals surface area contributed by atoms with Crippen LogP contribution in [0.5, 0.6) is 17.4 Å². The lowest BCUT2D eigenvalue weighted by Gasteiger charge is -2.30. The smallest absolute Gasteiger partial charge is 0.274 e. The van der Waals surface area contributed by atoms with E-state index in [4.69, 9.17) is 14.2 Å². The van der Waals surface area contributed by atoms with Crippen LogP contribution in [0, 0.1) is 0 Å². The molecule has 0 spiro atoms. The molecule has 0 saturated carbocycles. The van der Waals surface area contributed by atoms with Crippen molar-refractivity contribution in [3.63, 3.8) is 0 Å². The minimum Gasteiger partial charge on any atom is -0.488 e. The summed E-state index contributed by atoms with van der Waals surface area (Å²) in [6.45, 7) is 2.57. The number of aromatic nitrogens is 4. The summed E-state index contributed by atoms with van der Waals surface area (Å²) in [6, 6.07) is 4.85. The Labute approximate surface area is 195 Å². The molecular weight excluding hydrogens is 440 g/mol. The summed E-state index contributed by atoms with van der Waals surface area (Å²) in [5, 5.41) is 2.69. The Hall–Kier alpha value is -4.12. The summed E-state index contributed by atoms with van der Waals surface area (Å²) in [4.78, 5) is 43.2. The summed E-state index contributed by atoms with van der Waals surface area (Å²) < 4.78 is 17.2. The molecule has 11 heteroatoms. The number of nitrogens with one attached hydrogen (secondary N) is 1. The van der Waals surface area contributed by atoms with Crippen LogP contribution in [0.3, 0.4) is 0 Å². The Bertz CT molecular complexity index is 1160. The predicted molar refractivity (Wildman–Crippen MR) is 119 cm³/mol. The van der Waals surface area contributed by atoms with Crippen LogP contribution in [0.1, 0.15) is 33.7 Å². The zero-order valence-electron chi connectivity index (χ0n) is 18.2. The Kier molecular flexibility index (Phi) is 6.25. The number of benzene rings is 1. The van der Waals surface area contributed by atoms with E-state index in [1.165, 1.54) is 31.0 Å². The van der Waals surface area contributed by atoms with Crippen molar-refractivity contribution in [2.24, 2.45) is 0 Å². The molecule has 0 radical (unpaired) electrons. The van der Waals surface area contributed by atoms with Crippen LogP contribution < -0.4 is 14.8 Å². The van der Waals surface area contributed by atoms with Gasteiger partial charge < -0.3 is 24.4 Å². The lowest BCUT2D eigenvalue weighted by Crippen LogP contribution is -2.42. The SMILES string of the molecule is O=C(Nc1cnccn1)c1cc(Oc2cnc(C(=O)N3CCC3)cn2)cc(O[C@H]2CCOC2)c1. The number of amides is 2. The minimum absolute atomic E-state index is 0.113. The van der Waals surface area contributed by atoms with E-state index in [-0.39, 0.29) is 23.6 Å². The number of hydrogen-bond acceptors (Lipinski definition) is 9. The molecule has 3 aromatic rings. The van der Waals surface area contributed by atoms with Gasteiger partial charge in [0.05, 0.1) is 31.8 Å². The van der Waals surface area contributed by atoms with Crippen molar-refractivity contribution < 1.29 is 23.8 Å². The molecule has 1 N–H and O–H groups in total. The van der Waals surface area contributed by atoms with Crippen molar-refractivity contribution in [3.8, 4) is 17.4 Å². The second kappa shape index (κ2) is 9.79. The van der Waals surface area contributed by atoms with E-state index in [2.05, 4.69) is 25.3 Å². The molecule has 0 unspecified atom stereocenters. The maximum Gasteiger partial charge on any atom is 0.274 e. The Morgan fingerprint density at radius 2 is 1.91 bits per heavy atom. The second-order valence-electron chi connectivity index (χ2n) is 7.83. The predicted octanol–water partition coefficient (Wildman–Crippen LogP) is 2.32. The van der Waals surface area contributed by atoms with Gasteiger partial charge in [-0.25, -0.2) is 15.0 Å². The van der Waals surface area contributed by atoms with Gasteiger partial charge in [-0.3, -0.25) is 14.6 Å². The fourth-order valence-corrected chi connectivity index (χ4v) is 3.46. The molecule has 1 aromatic carbocycles. The van der Waals surface area contributed by atoms with E-state index in [0.29, 0.717) is 36.1 Å². The van der Waals surface area contributed by atoms with Crippen LogP contribution in [0.15, 0.2) is 49.2 Å². The summed E-state index contributed by atoms with van der Waals surface area (Å²) in [5.74, 6) is 0.731. The second-order valence-corrected chi connectivity index (χ2v) is 7.83. The molecule has 0 aliphatic carbocycles. The molecular formula is C23H22N6O5. The van der Waals surface area contributed by atoms with E-state index in [0.717, 1.165) is 25.9 Å². The summed E-state index contributed by atoms with van der Waals surface area (Å²) >= 11 is 0. The molecule has 0 bridgehead atoms. The number of nitrogens with zero attached hydrogens (tertiary/aromatic N) is 5. The van der Waals surface area contributed by atoms with Gasteiger partial charge in [-0.05, 0) is 18.6 Å². The minimum atomic E-state index is -0.403. The largest absolute Gasteiger partial charge is 0.488 e. The molecule has 174 valence electrons. The molecule has 11 nitrogen and oxygen atoms in total. The van der Waals surface area contributed by atoms with E-state index < -0.39 is 5.91 Å².